The number of halogens is 2. The van der Waals surface area contributed by atoms with Gasteiger partial charge in [0, 0.05) is 5.56 Å². The first-order chi connectivity index (χ1) is 8.63. The molecule has 0 amide bonds. The Bertz CT molecular complexity index is 576. The zero-order valence-corrected chi connectivity index (χ0v) is 10.4. The van der Waals surface area contributed by atoms with Crippen LogP contribution in [0, 0.1) is 5.82 Å². The van der Waals surface area contributed by atoms with E-state index in [0.717, 1.165) is 0 Å². The van der Waals surface area contributed by atoms with E-state index >= 15 is 0 Å². The normalized spacial score (nSPS) is 10.2. The van der Waals surface area contributed by atoms with Crippen LogP contribution in [0.25, 0.3) is 0 Å². The molecule has 2 aromatic carbocycles. The van der Waals surface area contributed by atoms with Crippen molar-refractivity contribution in [2.24, 2.45) is 0 Å². The smallest absolute Gasteiger partial charge is 0.197 e. The van der Waals surface area contributed by atoms with Crippen molar-refractivity contribution in [2.75, 3.05) is 7.11 Å². The molecular weight excluding hydrogens is 255 g/mol. The van der Waals surface area contributed by atoms with E-state index in [4.69, 9.17) is 16.3 Å². The summed E-state index contributed by atoms with van der Waals surface area (Å²) in [5.41, 5.74) is 0.216. The number of methoxy groups -OCH3 is 1. The van der Waals surface area contributed by atoms with E-state index in [1.165, 1.54) is 25.3 Å². The molecule has 0 aliphatic rings. The van der Waals surface area contributed by atoms with Crippen molar-refractivity contribution in [3.63, 3.8) is 0 Å². The molecule has 0 atom stereocenters. The van der Waals surface area contributed by atoms with E-state index < -0.39 is 11.6 Å². The van der Waals surface area contributed by atoms with Crippen molar-refractivity contribution in [1.29, 1.82) is 0 Å². The molecule has 0 saturated heterocycles. The number of ether oxygens (including phenoxy) is 1. The lowest BCUT2D eigenvalue weighted by atomic mass is 10.0. The van der Waals surface area contributed by atoms with Crippen LogP contribution < -0.4 is 4.74 Å². The average molecular weight is 265 g/mol. The summed E-state index contributed by atoms with van der Waals surface area (Å²) in [6.45, 7) is 0. The van der Waals surface area contributed by atoms with Gasteiger partial charge in [0.15, 0.2) is 5.78 Å². The molecule has 2 aromatic rings. The molecule has 2 nitrogen and oxygen atoms in total. The fraction of sp³-hybridized carbons (Fsp3) is 0.0714. The number of carbonyl (C=O) groups excluding carboxylic acids is 1. The lowest BCUT2D eigenvalue weighted by Gasteiger charge is -2.06. The van der Waals surface area contributed by atoms with Crippen LogP contribution in [0.3, 0.4) is 0 Å². The van der Waals surface area contributed by atoms with Gasteiger partial charge in [-0.05, 0) is 24.3 Å². The maximum absolute atomic E-state index is 13.6. The predicted molar refractivity (Wildman–Crippen MR) is 67.8 cm³/mol. The standard InChI is InChI=1S/C14H10ClFO2/c1-18-10-5-2-4-9(8-10)14(17)13-11(15)6-3-7-12(13)16/h2-8H,1H3. The predicted octanol–water partition coefficient (Wildman–Crippen LogP) is 3.72. The minimum Gasteiger partial charge on any atom is -0.497 e. The lowest BCUT2D eigenvalue weighted by molar-refractivity contribution is 0.103. The molecular formula is C14H10ClFO2. The van der Waals surface area contributed by atoms with E-state index in [1.54, 1.807) is 24.3 Å². The van der Waals surface area contributed by atoms with Crippen molar-refractivity contribution in [3.05, 3.63) is 64.4 Å². The van der Waals surface area contributed by atoms with Gasteiger partial charge in [-0.25, -0.2) is 4.39 Å². The fourth-order valence-electron chi connectivity index (χ4n) is 1.62. The number of rotatable bonds is 3. The first-order valence-electron chi connectivity index (χ1n) is 5.26. The Hall–Kier alpha value is -1.87. The summed E-state index contributed by atoms with van der Waals surface area (Å²) < 4.78 is 18.7. The molecule has 0 aliphatic carbocycles. The molecule has 0 aromatic heterocycles. The Morgan fingerprint density at radius 1 is 1.22 bits per heavy atom. The Balaban J connectivity index is 2.48. The molecule has 0 heterocycles. The Morgan fingerprint density at radius 2 is 1.94 bits per heavy atom. The summed E-state index contributed by atoms with van der Waals surface area (Å²) in [6.07, 6.45) is 0. The van der Waals surface area contributed by atoms with Crippen molar-refractivity contribution < 1.29 is 13.9 Å². The highest BCUT2D eigenvalue weighted by Gasteiger charge is 2.17. The van der Waals surface area contributed by atoms with E-state index in [0.29, 0.717) is 11.3 Å². The first-order valence-corrected chi connectivity index (χ1v) is 5.64. The van der Waals surface area contributed by atoms with E-state index in [1.807, 2.05) is 0 Å². The zero-order valence-electron chi connectivity index (χ0n) is 9.61. The molecule has 4 heteroatoms. The van der Waals surface area contributed by atoms with Crippen LogP contribution in [0.5, 0.6) is 5.75 Å². The van der Waals surface area contributed by atoms with Crippen LogP contribution in [-0.4, -0.2) is 12.9 Å². The third-order valence-corrected chi connectivity index (χ3v) is 2.84. The topological polar surface area (TPSA) is 26.3 Å². The van der Waals surface area contributed by atoms with Crippen LogP contribution in [-0.2, 0) is 0 Å². The maximum Gasteiger partial charge on any atom is 0.197 e. The minimum absolute atomic E-state index is 0.0998. The summed E-state index contributed by atoms with van der Waals surface area (Å²) in [6, 6.07) is 10.7. The second-order valence-electron chi connectivity index (χ2n) is 3.66. The highest BCUT2D eigenvalue weighted by atomic mass is 35.5. The number of ketones is 1. The van der Waals surface area contributed by atoms with Gasteiger partial charge in [0.1, 0.15) is 11.6 Å². The van der Waals surface area contributed by atoms with Gasteiger partial charge >= 0.3 is 0 Å². The van der Waals surface area contributed by atoms with E-state index in [2.05, 4.69) is 0 Å². The van der Waals surface area contributed by atoms with Crippen molar-refractivity contribution in [3.8, 4) is 5.75 Å². The molecule has 92 valence electrons. The van der Waals surface area contributed by atoms with Gasteiger partial charge in [-0.1, -0.05) is 29.8 Å². The Labute approximate surface area is 109 Å². The molecule has 18 heavy (non-hydrogen) atoms. The number of hydrogen-bond acceptors (Lipinski definition) is 2. The summed E-state index contributed by atoms with van der Waals surface area (Å²) >= 11 is 5.86. The van der Waals surface area contributed by atoms with Gasteiger partial charge in [0.05, 0.1) is 17.7 Å². The van der Waals surface area contributed by atoms with Crippen molar-refractivity contribution in [1.82, 2.24) is 0 Å². The molecule has 0 unspecified atom stereocenters. The highest BCUT2D eigenvalue weighted by molar-refractivity contribution is 6.35. The van der Waals surface area contributed by atoms with Gasteiger partial charge in [-0.3, -0.25) is 4.79 Å². The maximum atomic E-state index is 13.6. The third-order valence-electron chi connectivity index (χ3n) is 2.52. The molecule has 0 aliphatic heterocycles. The quantitative estimate of drug-likeness (QED) is 0.790. The van der Waals surface area contributed by atoms with Crippen LogP contribution >= 0.6 is 11.6 Å². The molecule has 0 saturated carbocycles. The zero-order chi connectivity index (χ0) is 13.1. The van der Waals surface area contributed by atoms with Gasteiger partial charge in [0.2, 0.25) is 0 Å². The van der Waals surface area contributed by atoms with Crippen molar-refractivity contribution in [2.45, 2.75) is 0 Å². The second-order valence-corrected chi connectivity index (χ2v) is 4.06. The molecule has 0 radical (unpaired) electrons. The van der Waals surface area contributed by atoms with Crippen molar-refractivity contribution >= 4 is 17.4 Å². The number of benzene rings is 2. The number of carbonyl (C=O) groups is 1. The van der Waals surface area contributed by atoms with Crippen LogP contribution in [0.15, 0.2) is 42.5 Å². The average Bonchev–Trinajstić information content (AvgIpc) is 2.38. The van der Waals surface area contributed by atoms with Crippen LogP contribution in [0.4, 0.5) is 4.39 Å². The Kier molecular flexibility index (Phi) is 3.63. The second kappa shape index (κ2) is 5.19. The summed E-state index contributed by atoms with van der Waals surface area (Å²) in [4.78, 5) is 12.2. The van der Waals surface area contributed by atoms with Gasteiger partial charge in [-0.15, -0.1) is 0 Å². The molecule has 2 rings (SSSR count). The van der Waals surface area contributed by atoms with Crippen LogP contribution in [0.2, 0.25) is 5.02 Å². The fourth-order valence-corrected chi connectivity index (χ4v) is 1.87. The third kappa shape index (κ3) is 2.36. The summed E-state index contributed by atoms with van der Waals surface area (Å²) in [5, 5.41) is 0.0998. The summed E-state index contributed by atoms with van der Waals surface area (Å²) in [7, 11) is 1.50. The molecule has 0 N–H and O–H groups in total. The summed E-state index contributed by atoms with van der Waals surface area (Å²) in [5.74, 6) is -0.555. The molecule has 0 bridgehead atoms. The first kappa shape index (κ1) is 12.6. The molecule has 0 fully saturated rings. The highest BCUT2D eigenvalue weighted by Crippen LogP contribution is 2.23. The number of hydrogen-bond donors (Lipinski definition) is 0. The lowest BCUT2D eigenvalue weighted by Crippen LogP contribution is -2.05. The monoisotopic (exact) mass is 264 g/mol. The molecule has 0 spiro atoms. The van der Waals surface area contributed by atoms with Gasteiger partial charge in [0.25, 0.3) is 0 Å². The SMILES string of the molecule is COc1cccc(C(=O)c2c(F)cccc2Cl)c1. The largest absolute Gasteiger partial charge is 0.497 e. The minimum atomic E-state index is -0.629. The Morgan fingerprint density at radius 3 is 2.61 bits per heavy atom. The van der Waals surface area contributed by atoms with E-state index in [9.17, 15) is 9.18 Å². The van der Waals surface area contributed by atoms with Gasteiger partial charge < -0.3 is 4.74 Å². The van der Waals surface area contributed by atoms with Gasteiger partial charge in [-0.2, -0.15) is 0 Å². The van der Waals surface area contributed by atoms with Crippen LogP contribution in [0.1, 0.15) is 15.9 Å². The van der Waals surface area contributed by atoms with E-state index in [-0.39, 0.29) is 10.6 Å².